The minimum absolute atomic E-state index is 0.0214. The van der Waals surface area contributed by atoms with Crippen LogP contribution in [0, 0.1) is 132 Å². The zero-order valence-corrected chi connectivity index (χ0v) is 61.0. The SMILES string of the molecule is Cc1cc(C)c(-c2c3nc(c(-c4c(C)cc(C)cc4C)c4ccc([nH]4)c(-c4c(C)cc(C)cc4C)c4nc(c(-c5ccc(C#Cc6c7nc(c(-c8c(F)c(F)c(F)c(F)c8F)c8ccc([nH]8)c(-c8ccccc8)c8nc(c(-c9c(F)c(F)c(F)c(F)c9F)c9ccc6[nH]9)C=C8)C=C7)cc5)c5ccc2[nH]5)C=C4)C=C3)c(C)c1. The Balaban J connectivity index is 0.921. The smallest absolute Gasteiger partial charge is 0.200 e. The summed E-state index contributed by atoms with van der Waals surface area (Å²) in [6.45, 7) is 19.0. The van der Waals surface area contributed by atoms with Crippen molar-refractivity contribution in [3.8, 4) is 89.7 Å². The third-order valence-corrected chi connectivity index (χ3v) is 20.8. The van der Waals surface area contributed by atoms with Crippen LogP contribution in [0.4, 0.5) is 43.9 Å². The second-order valence-electron chi connectivity index (χ2n) is 28.4. The Kier molecular flexibility index (Phi) is 17.2. The van der Waals surface area contributed by atoms with Crippen molar-refractivity contribution in [2.24, 2.45) is 0 Å². The lowest BCUT2D eigenvalue weighted by molar-refractivity contribution is 0.381. The monoisotopic (exact) mass is 1480 g/mol. The summed E-state index contributed by atoms with van der Waals surface area (Å²) >= 11 is 0. The highest BCUT2D eigenvalue weighted by molar-refractivity contribution is 6.03. The minimum atomic E-state index is -2.39. The summed E-state index contributed by atoms with van der Waals surface area (Å²) < 4.78 is 158. The summed E-state index contributed by atoms with van der Waals surface area (Å²) in [5.41, 5.74) is 19.6. The molecule has 0 aliphatic carbocycles. The molecule has 0 saturated heterocycles. The maximum Gasteiger partial charge on any atom is 0.200 e. The van der Waals surface area contributed by atoms with Crippen molar-refractivity contribution in [2.75, 3.05) is 0 Å². The summed E-state index contributed by atoms with van der Waals surface area (Å²) in [4.78, 5) is 34.8. The summed E-state index contributed by atoms with van der Waals surface area (Å²) in [5.74, 6) is -15.9. The van der Waals surface area contributed by atoms with Crippen LogP contribution in [-0.4, -0.2) is 39.9 Å². The summed E-state index contributed by atoms with van der Waals surface area (Å²) in [7, 11) is 0. The van der Waals surface area contributed by atoms with Gasteiger partial charge in [0.05, 0.1) is 67.8 Å². The molecule has 8 nitrogen and oxygen atoms in total. The number of aromatic amines is 4. The molecule has 10 heterocycles. The lowest BCUT2D eigenvalue weighted by atomic mass is 9.92. The van der Waals surface area contributed by atoms with Crippen molar-refractivity contribution in [1.29, 1.82) is 0 Å². The molecule has 0 atom stereocenters. The number of nitrogens with one attached hydrogen (secondary N) is 4. The first-order valence-corrected chi connectivity index (χ1v) is 35.7. The number of nitrogens with zero attached hydrogens (tertiary/aromatic N) is 4. The predicted molar refractivity (Wildman–Crippen MR) is 424 cm³/mol. The average molecular weight is 1480 g/mol. The molecule has 4 aliphatic rings. The molecule has 544 valence electrons. The fourth-order valence-corrected chi connectivity index (χ4v) is 16.3. The predicted octanol–water partition coefficient (Wildman–Crippen LogP) is 24.9. The van der Waals surface area contributed by atoms with Gasteiger partial charge in [-0.05, 0) is 233 Å². The molecular formula is C93H62F10N8. The fraction of sp³-hybridized carbons (Fsp3) is 0.0968. The van der Waals surface area contributed by atoms with Crippen LogP contribution in [0.5, 0.6) is 0 Å². The van der Waals surface area contributed by atoms with Crippen LogP contribution in [0.3, 0.4) is 0 Å². The topological polar surface area (TPSA) is 115 Å². The maximum atomic E-state index is 16.5. The normalized spacial score (nSPS) is 12.2. The van der Waals surface area contributed by atoms with Crippen molar-refractivity contribution in [3.05, 3.63) is 304 Å². The first-order chi connectivity index (χ1) is 53.4. The second kappa shape index (κ2) is 27.1. The van der Waals surface area contributed by atoms with Gasteiger partial charge in [0.25, 0.3) is 0 Å². The molecule has 17 rings (SSSR count). The number of benzene rings is 7. The molecule has 7 aromatic carbocycles. The highest BCUT2D eigenvalue weighted by Crippen LogP contribution is 2.46. The Morgan fingerprint density at radius 3 is 0.793 bits per heavy atom. The zero-order valence-electron chi connectivity index (χ0n) is 61.0. The minimum Gasteiger partial charge on any atom is -0.354 e. The van der Waals surface area contributed by atoms with Crippen LogP contribution >= 0.6 is 0 Å². The molecule has 0 spiro atoms. The summed E-state index contributed by atoms with van der Waals surface area (Å²) in [5, 5.41) is 0. The van der Waals surface area contributed by atoms with Gasteiger partial charge in [0, 0.05) is 83.1 Å². The third-order valence-electron chi connectivity index (χ3n) is 20.8. The van der Waals surface area contributed by atoms with Crippen LogP contribution in [0.2, 0.25) is 0 Å². The number of aryl methyl sites for hydroxylation is 9. The van der Waals surface area contributed by atoms with Gasteiger partial charge in [-0.1, -0.05) is 107 Å². The summed E-state index contributed by atoms with van der Waals surface area (Å²) in [6, 6.07) is 42.7. The highest BCUT2D eigenvalue weighted by atomic mass is 19.2. The number of halogens is 10. The van der Waals surface area contributed by atoms with Gasteiger partial charge in [0.15, 0.2) is 46.5 Å². The van der Waals surface area contributed by atoms with Gasteiger partial charge < -0.3 is 19.9 Å². The first-order valence-electron chi connectivity index (χ1n) is 35.7. The van der Waals surface area contributed by atoms with E-state index in [4.69, 9.17) is 19.9 Å². The van der Waals surface area contributed by atoms with Crippen LogP contribution < -0.4 is 0 Å². The van der Waals surface area contributed by atoms with E-state index in [0.717, 1.165) is 111 Å². The van der Waals surface area contributed by atoms with Gasteiger partial charge in [-0.15, -0.1) is 0 Å². The molecule has 0 fully saturated rings. The van der Waals surface area contributed by atoms with Gasteiger partial charge in [-0.3, -0.25) is 0 Å². The van der Waals surface area contributed by atoms with Gasteiger partial charge in [-0.25, -0.2) is 63.8 Å². The Labute approximate surface area is 629 Å². The first kappa shape index (κ1) is 70.6. The average Bonchev–Trinajstić information content (AvgIpc) is 1.64. The number of H-pyrrole nitrogens is 4. The van der Waals surface area contributed by atoms with Crippen molar-refractivity contribution in [1.82, 2.24) is 39.9 Å². The van der Waals surface area contributed by atoms with Gasteiger partial charge in [-0.2, -0.15) is 0 Å². The molecule has 16 bridgehead atoms. The lowest BCUT2D eigenvalue weighted by Crippen LogP contribution is -2.05. The Bertz CT molecular complexity index is 6620. The van der Waals surface area contributed by atoms with Crippen molar-refractivity contribution in [2.45, 2.75) is 62.3 Å². The molecule has 18 heteroatoms. The van der Waals surface area contributed by atoms with E-state index in [-0.39, 0.29) is 56.0 Å². The molecule has 0 amide bonds. The molecule has 0 unspecified atom stereocenters. The largest absolute Gasteiger partial charge is 0.354 e. The zero-order chi connectivity index (χ0) is 77.4. The van der Waals surface area contributed by atoms with E-state index in [0.29, 0.717) is 39.2 Å². The van der Waals surface area contributed by atoms with Crippen molar-refractivity contribution >= 4 is 92.7 Å². The van der Waals surface area contributed by atoms with Crippen LogP contribution in [0.25, 0.3) is 171 Å². The van der Waals surface area contributed by atoms with Crippen molar-refractivity contribution < 1.29 is 43.9 Å². The number of hydrogen-bond acceptors (Lipinski definition) is 4. The Hall–Kier alpha value is -13.4. The molecule has 111 heavy (non-hydrogen) atoms. The van der Waals surface area contributed by atoms with E-state index in [9.17, 15) is 8.78 Å². The number of hydrogen-bond donors (Lipinski definition) is 4. The third kappa shape index (κ3) is 11.9. The second-order valence-corrected chi connectivity index (χ2v) is 28.4. The van der Waals surface area contributed by atoms with E-state index < -0.39 is 80.4 Å². The van der Waals surface area contributed by atoms with Crippen molar-refractivity contribution in [3.63, 3.8) is 0 Å². The van der Waals surface area contributed by atoms with Crippen LogP contribution in [0.15, 0.2) is 140 Å². The quantitative estimate of drug-likeness (QED) is 0.0551. The Morgan fingerprint density at radius 1 is 0.225 bits per heavy atom. The molecule has 13 aromatic rings. The molecule has 4 aliphatic heterocycles. The molecule has 0 saturated carbocycles. The Morgan fingerprint density at radius 2 is 0.468 bits per heavy atom. The highest BCUT2D eigenvalue weighted by Gasteiger charge is 2.33. The van der Waals surface area contributed by atoms with E-state index in [2.05, 4.69) is 161 Å². The number of fused-ring (bicyclic) bond motifs is 16. The van der Waals surface area contributed by atoms with Gasteiger partial charge in [0.1, 0.15) is 0 Å². The van der Waals surface area contributed by atoms with E-state index in [1.807, 2.05) is 30.4 Å². The maximum absolute atomic E-state index is 16.5. The van der Waals surface area contributed by atoms with Crippen LogP contribution in [0.1, 0.15) is 107 Å². The van der Waals surface area contributed by atoms with Crippen LogP contribution in [-0.2, 0) is 0 Å². The summed E-state index contributed by atoms with van der Waals surface area (Å²) in [6.07, 6.45) is 13.6. The van der Waals surface area contributed by atoms with E-state index in [1.165, 1.54) is 48.6 Å². The lowest BCUT2D eigenvalue weighted by Gasteiger charge is -2.14. The molecular weight excluding hydrogens is 1420 g/mol. The fourth-order valence-electron chi connectivity index (χ4n) is 16.3. The van der Waals surface area contributed by atoms with Gasteiger partial charge >= 0.3 is 0 Å². The number of rotatable bonds is 7. The molecule has 0 radical (unpaired) electrons. The van der Waals surface area contributed by atoms with E-state index in [1.54, 1.807) is 42.5 Å². The number of aromatic nitrogens is 8. The van der Waals surface area contributed by atoms with Gasteiger partial charge in [0.2, 0.25) is 11.6 Å². The molecule has 6 aromatic heterocycles. The molecule has 4 N–H and O–H groups in total. The van der Waals surface area contributed by atoms with E-state index >= 15 is 35.1 Å². The standard InChI is InChI=1S/C93H62F10N8/c1-43-37-46(4)72(47(5)38-43)77-62-29-25-60(106-62)76(61-26-30-63(107-61)78(73-48(6)39-44(2)40-49(73)7)65-34-36-67(111-65)79(66-35-33-64(77)110-66)74-50(8)41-45(3)42-51(74)9)54-18-15-52(16-19-54)17-20-55-56-21-23-68(104-56)80(82-84(94)88(98)92(102)89(99)85(82)95)70-31-27-58(108-70)75(53-13-11-10-12-14-53)59-28-32-71(109-59)81(69-24-22-57(55)105-69)83-86(96)90(100)93(103)91(101)87(83)97/h10-16,18-19,21-42,104,106,109,111H,1-9H3.